The van der Waals surface area contributed by atoms with Crippen molar-refractivity contribution in [3.8, 4) is 0 Å². The van der Waals surface area contributed by atoms with Crippen LogP contribution in [0.3, 0.4) is 0 Å². The quantitative estimate of drug-likeness (QED) is 0.140. The minimum Gasteiger partial charge on any atom is -0.356 e. The van der Waals surface area contributed by atoms with Gasteiger partial charge in [0, 0.05) is 35.2 Å². The second-order valence-corrected chi connectivity index (χ2v) is 13.9. The summed E-state index contributed by atoms with van der Waals surface area (Å²) in [5.41, 5.74) is 0.731. The van der Waals surface area contributed by atoms with Gasteiger partial charge in [0.1, 0.15) is 6.04 Å². The predicted molar refractivity (Wildman–Crippen MR) is 175 cm³/mol. The first-order valence-electron chi connectivity index (χ1n) is 15.2. The number of hydrogen-bond acceptors (Lipinski definition) is 6. The summed E-state index contributed by atoms with van der Waals surface area (Å²) in [5.74, 6) is -3.95. The summed E-state index contributed by atoms with van der Waals surface area (Å²) in [7, 11) is -4.06. The number of Topliss-reactive ketones (excluding diaryl/α,β-unsaturated/α-hetero) is 1. The number of rotatable bonds is 13. The molecule has 12 heteroatoms. The summed E-state index contributed by atoms with van der Waals surface area (Å²) >= 11 is 0. The van der Waals surface area contributed by atoms with E-state index < -0.39 is 48.9 Å². The minimum absolute atomic E-state index is 0.00484. The van der Waals surface area contributed by atoms with E-state index in [2.05, 4.69) is 21.3 Å². The van der Waals surface area contributed by atoms with Crippen molar-refractivity contribution in [2.45, 2.75) is 51.6 Å². The Morgan fingerprint density at radius 1 is 0.870 bits per heavy atom. The molecule has 0 aliphatic carbocycles. The third-order valence-corrected chi connectivity index (χ3v) is 9.83. The van der Waals surface area contributed by atoms with Gasteiger partial charge in [0.2, 0.25) is 11.8 Å². The highest BCUT2D eigenvalue weighted by Crippen LogP contribution is 2.39. The number of para-hydroxylation sites is 1. The van der Waals surface area contributed by atoms with Crippen molar-refractivity contribution < 1.29 is 33.4 Å². The van der Waals surface area contributed by atoms with Crippen LogP contribution in [0.1, 0.15) is 38.7 Å². The van der Waals surface area contributed by atoms with Crippen LogP contribution in [0.15, 0.2) is 84.9 Å². The maximum absolute atomic E-state index is 13.9. The van der Waals surface area contributed by atoms with Crippen LogP contribution >= 0.6 is 7.37 Å². The maximum Gasteiger partial charge on any atom is 0.313 e. The molecule has 1 fully saturated rings. The Hall–Kier alpha value is -4.60. The molecule has 1 heterocycles. The Bertz CT molecular complexity index is 1610. The highest BCUT2D eigenvalue weighted by atomic mass is 31.2. The first-order valence-corrected chi connectivity index (χ1v) is 16.9. The van der Waals surface area contributed by atoms with Gasteiger partial charge in [-0.2, -0.15) is 0 Å². The normalized spacial score (nSPS) is 16.9. The number of anilines is 1. The lowest BCUT2D eigenvalue weighted by Gasteiger charge is -2.25. The average molecular weight is 647 g/mol. The molecule has 3 aromatic rings. The van der Waals surface area contributed by atoms with Crippen LogP contribution in [0.5, 0.6) is 0 Å². The number of carbonyl (C=O) groups is 5. The van der Waals surface area contributed by atoms with Crippen LogP contribution in [0.4, 0.5) is 5.69 Å². The van der Waals surface area contributed by atoms with Gasteiger partial charge in [-0.15, -0.1) is 0 Å². The molecule has 1 aliphatic rings. The standard InChI is InChI=1S/C34H39N4O7P/c1-22(2)19-28(38-34(43)33(42)36-25-12-5-3-6-13-25)32(41)37-27(20-24-17-18-35-31(24)40)29(39)21-23-11-9-10-16-30(23)46(44,45)26-14-7-4-8-15-26/h3-16,22,24,27-28H,17-21H2,1-2H3,(H,35,40)(H,36,42)(H,37,41)(H,38,43)(H,44,45)/t24-,27-,28-/m0/s1. The van der Waals surface area contributed by atoms with E-state index in [1.54, 1.807) is 78.9 Å². The second-order valence-electron chi connectivity index (χ2n) is 11.7. The molecule has 1 aliphatic heterocycles. The Morgan fingerprint density at radius 3 is 2.13 bits per heavy atom. The van der Waals surface area contributed by atoms with Crippen LogP contribution in [0.2, 0.25) is 0 Å². The summed E-state index contributed by atoms with van der Waals surface area (Å²) in [6, 6.07) is 20.6. The second kappa shape index (κ2) is 15.6. The van der Waals surface area contributed by atoms with E-state index >= 15 is 0 Å². The zero-order valence-corrected chi connectivity index (χ0v) is 26.7. The van der Waals surface area contributed by atoms with E-state index in [0.717, 1.165) is 0 Å². The number of ketones is 1. The molecular weight excluding hydrogens is 607 g/mol. The molecule has 46 heavy (non-hydrogen) atoms. The van der Waals surface area contributed by atoms with E-state index in [-0.39, 0.29) is 41.7 Å². The molecule has 0 saturated carbocycles. The Labute approximate surface area is 268 Å². The van der Waals surface area contributed by atoms with Gasteiger partial charge in [0.15, 0.2) is 5.78 Å². The van der Waals surface area contributed by atoms with Crippen molar-refractivity contribution in [3.63, 3.8) is 0 Å². The number of carbonyl (C=O) groups excluding carboxylic acids is 5. The average Bonchev–Trinajstić information content (AvgIpc) is 3.44. The van der Waals surface area contributed by atoms with Gasteiger partial charge in [0.25, 0.3) is 7.37 Å². The first-order chi connectivity index (χ1) is 22.0. The number of amides is 4. The topological polar surface area (TPSA) is 171 Å². The first kappa shape index (κ1) is 34.3. The van der Waals surface area contributed by atoms with Gasteiger partial charge < -0.3 is 26.2 Å². The van der Waals surface area contributed by atoms with Gasteiger partial charge in [-0.05, 0) is 61.1 Å². The monoisotopic (exact) mass is 646 g/mol. The molecule has 0 radical (unpaired) electrons. The summed E-state index contributed by atoms with van der Waals surface area (Å²) in [4.78, 5) is 76.5. The van der Waals surface area contributed by atoms with E-state index in [0.29, 0.717) is 24.2 Å². The fourth-order valence-corrected chi connectivity index (χ4v) is 7.06. The molecule has 0 aromatic heterocycles. The molecule has 3 aromatic carbocycles. The SMILES string of the molecule is CC(C)C[C@H](NC(=O)C(=O)Nc1ccccc1)C(=O)N[C@@H](C[C@@H]1CCNC1=O)C(=O)Cc1ccccc1P(=O)(O)c1ccccc1. The molecule has 0 bridgehead atoms. The maximum atomic E-state index is 13.9. The van der Waals surface area contributed by atoms with Crippen molar-refractivity contribution in [2.24, 2.45) is 11.8 Å². The molecule has 4 rings (SSSR count). The van der Waals surface area contributed by atoms with Crippen molar-refractivity contribution in [2.75, 3.05) is 11.9 Å². The fraction of sp³-hybridized carbons (Fsp3) is 0.324. The van der Waals surface area contributed by atoms with Crippen LogP contribution in [0.25, 0.3) is 0 Å². The van der Waals surface area contributed by atoms with E-state index in [1.807, 2.05) is 13.8 Å². The van der Waals surface area contributed by atoms with Crippen molar-refractivity contribution in [1.82, 2.24) is 16.0 Å². The molecule has 4 amide bonds. The zero-order chi connectivity index (χ0) is 33.3. The highest BCUT2D eigenvalue weighted by molar-refractivity contribution is 7.73. The molecule has 11 nitrogen and oxygen atoms in total. The minimum atomic E-state index is -4.06. The van der Waals surface area contributed by atoms with Gasteiger partial charge in [0.05, 0.1) is 6.04 Å². The molecular formula is C34H39N4O7P. The lowest BCUT2D eigenvalue weighted by atomic mass is 9.92. The third kappa shape index (κ3) is 8.99. The third-order valence-electron chi connectivity index (χ3n) is 7.74. The van der Waals surface area contributed by atoms with E-state index in [1.165, 1.54) is 6.07 Å². The number of hydrogen-bond donors (Lipinski definition) is 5. The lowest BCUT2D eigenvalue weighted by molar-refractivity contribution is -0.138. The van der Waals surface area contributed by atoms with Gasteiger partial charge >= 0.3 is 11.8 Å². The Kier molecular flexibility index (Phi) is 11.6. The van der Waals surface area contributed by atoms with Gasteiger partial charge in [-0.1, -0.05) is 68.4 Å². The molecule has 1 unspecified atom stereocenters. The van der Waals surface area contributed by atoms with Crippen LogP contribution in [-0.2, 0) is 35.0 Å². The molecule has 1 saturated heterocycles. The van der Waals surface area contributed by atoms with Gasteiger partial charge in [-0.25, -0.2) is 0 Å². The largest absolute Gasteiger partial charge is 0.356 e. The summed E-state index contributed by atoms with van der Waals surface area (Å²) in [6.07, 6.45) is 0.369. The van der Waals surface area contributed by atoms with Crippen molar-refractivity contribution in [1.29, 1.82) is 0 Å². The van der Waals surface area contributed by atoms with Crippen molar-refractivity contribution in [3.05, 3.63) is 90.5 Å². The Balaban J connectivity index is 1.55. The summed E-state index contributed by atoms with van der Waals surface area (Å²) in [5, 5.41) is 10.8. The van der Waals surface area contributed by atoms with Gasteiger partial charge in [-0.3, -0.25) is 28.5 Å². The molecule has 0 spiro atoms. The predicted octanol–water partition coefficient (Wildman–Crippen LogP) is 2.20. The van der Waals surface area contributed by atoms with Crippen LogP contribution < -0.4 is 31.9 Å². The van der Waals surface area contributed by atoms with Crippen LogP contribution in [0, 0.1) is 11.8 Å². The lowest BCUT2D eigenvalue weighted by Crippen LogP contribution is -2.54. The van der Waals surface area contributed by atoms with Crippen LogP contribution in [-0.4, -0.2) is 52.9 Å². The summed E-state index contributed by atoms with van der Waals surface area (Å²) in [6.45, 7) is 4.13. The molecule has 242 valence electrons. The Morgan fingerprint density at radius 2 is 1.50 bits per heavy atom. The fourth-order valence-electron chi connectivity index (χ4n) is 5.37. The van der Waals surface area contributed by atoms with E-state index in [9.17, 15) is 33.4 Å². The summed E-state index contributed by atoms with van der Waals surface area (Å²) < 4.78 is 13.6. The number of benzene rings is 3. The smallest absolute Gasteiger partial charge is 0.313 e. The zero-order valence-electron chi connectivity index (χ0n) is 25.8. The number of nitrogens with one attached hydrogen (secondary N) is 4. The van der Waals surface area contributed by atoms with E-state index in [4.69, 9.17) is 0 Å². The highest BCUT2D eigenvalue weighted by Gasteiger charge is 2.35. The molecule has 5 N–H and O–H groups in total. The molecule has 4 atom stereocenters. The van der Waals surface area contributed by atoms with Crippen molar-refractivity contribution >= 4 is 53.1 Å².